The van der Waals surface area contributed by atoms with Crippen LogP contribution in [0.1, 0.15) is 0 Å². The van der Waals surface area contributed by atoms with Crippen molar-refractivity contribution in [1.29, 1.82) is 0 Å². The summed E-state index contributed by atoms with van der Waals surface area (Å²) in [6.07, 6.45) is 3.31. The minimum absolute atomic E-state index is 0.431. The zero-order chi connectivity index (χ0) is 11.5. The monoisotopic (exact) mass is 247 g/mol. The lowest BCUT2D eigenvalue weighted by Gasteiger charge is -2.04. The maximum atomic E-state index is 5.63. The minimum atomic E-state index is 0.431. The third-order valence-electron chi connectivity index (χ3n) is 2.08. The first-order valence-electron chi connectivity index (χ1n) is 5.02. The smallest absolute Gasteiger partial charge is 0.289 e. The van der Waals surface area contributed by atoms with Crippen LogP contribution in [0.25, 0.3) is 0 Å². The van der Waals surface area contributed by atoms with Crippen LogP contribution in [0.3, 0.4) is 0 Å². The lowest BCUT2D eigenvalue weighted by atomic mass is 10.5. The van der Waals surface area contributed by atoms with E-state index in [1.165, 1.54) is 11.3 Å². The van der Waals surface area contributed by atoms with Gasteiger partial charge in [-0.3, -0.25) is 0 Å². The third-order valence-corrected chi connectivity index (χ3v) is 2.82. The van der Waals surface area contributed by atoms with Gasteiger partial charge in [0, 0.05) is 18.3 Å². The van der Waals surface area contributed by atoms with Crippen molar-refractivity contribution in [3.8, 4) is 22.6 Å². The van der Waals surface area contributed by atoms with Crippen molar-refractivity contribution in [3.63, 3.8) is 0 Å². The molecule has 17 heavy (non-hydrogen) atoms. The predicted octanol–water partition coefficient (Wildman–Crippen LogP) is 4.25. The number of thiophene rings is 1. The van der Waals surface area contributed by atoms with Gasteiger partial charge in [-0.25, -0.2) is 0 Å². The summed E-state index contributed by atoms with van der Waals surface area (Å²) in [6, 6.07) is 9.10. The number of aromatic nitrogens is 1. The van der Waals surface area contributed by atoms with E-state index in [0.717, 1.165) is 5.06 Å². The molecule has 86 valence electrons. The second-order valence-electron chi connectivity index (χ2n) is 3.24. The summed E-state index contributed by atoms with van der Waals surface area (Å²) in [5.74, 6) is 1.58. The fourth-order valence-electron chi connectivity index (χ4n) is 1.35. The molecule has 0 aromatic carbocycles. The quantitative estimate of drug-likeness (QED) is 0.749. The summed E-state index contributed by atoms with van der Waals surface area (Å²) < 4.78 is 16.3. The molecule has 0 spiro atoms. The number of ether oxygens (including phenoxy) is 2. The van der Waals surface area contributed by atoms with Crippen LogP contribution < -0.4 is 9.47 Å². The Morgan fingerprint density at radius 3 is 2.88 bits per heavy atom. The Morgan fingerprint density at radius 2 is 2.12 bits per heavy atom. The zero-order valence-electron chi connectivity index (χ0n) is 8.75. The summed E-state index contributed by atoms with van der Waals surface area (Å²) in [5, 5.41) is 2.75. The number of nitrogens with one attached hydrogen (secondary N) is 1. The van der Waals surface area contributed by atoms with E-state index in [9.17, 15) is 0 Å². The average molecular weight is 247 g/mol. The SMILES string of the molecule is c1coc(Oc2cc[nH]c2Oc2cccs2)c1. The van der Waals surface area contributed by atoms with Crippen molar-refractivity contribution in [2.75, 3.05) is 0 Å². The highest BCUT2D eigenvalue weighted by atomic mass is 32.1. The van der Waals surface area contributed by atoms with Gasteiger partial charge in [-0.1, -0.05) is 0 Å². The lowest BCUT2D eigenvalue weighted by Crippen LogP contribution is -1.85. The van der Waals surface area contributed by atoms with Crippen molar-refractivity contribution in [1.82, 2.24) is 4.98 Å². The van der Waals surface area contributed by atoms with Crippen LogP contribution in [0.2, 0.25) is 0 Å². The van der Waals surface area contributed by atoms with Crippen LogP contribution >= 0.6 is 11.3 Å². The second kappa shape index (κ2) is 4.39. The Bertz CT molecular complexity index is 518. The van der Waals surface area contributed by atoms with Gasteiger partial charge in [-0.15, -0.1) is 11.3 Å². The molecule has 0 atom stereocenters. The van der Waals surface area contributed by atoms with Crippen molar-refractivity contribution >= 4 is 11.3 Å². The van der Waals surface area contributed by atoms with Crippen LogP contribution in [-0.4, -0.2) is 4.98 Å². The molecule has 0 saturated carbocycles. The first kappa shape index (κ1) is 10.0. The van der Waals surface area contributed by atoms with Crippen molar-refractivity contribution in [2.24, 2.45) is 0 Å². The molecule has 0 aliphatic heterocycles. The normalized spacial score (nSPS) is 10.4. The van der Waals surface area contributed by atoms with E-state index in [2.05, 4.69) is 4.98 Å². The minimum Gasteiger partial charge on any atom is -0.434 e. The molecule has 3 aromatic rings. The summed E-state index contributed by atoms with van der Waals surface area (Å²) in [7, 11) is 0. The molecule has 1 N–H and O–H groups in total. The van der Waals surface area contributed by atoms with E-state index in [-0.39, 0.29) is 0 Å². The second-order valence-corrected chi connectivity index (χ2v) is 4.15. The molecule has 5 heteroatoms. The molecule has 0 radical (unpaired) electrons. The zero-order valence-corrected chi connectivity index (χ0v) is 9.57. The Labute approximate surface area is 101 Å². The van der Waals surface area contributed by atoms with Crippen molar-refractivity contribution in [3.05, 3.63) is 48.2 Å². The highest BCUT2D eigenvalue weighted by molar-refractivity contribution is 7.11. The van der Waals surface area contributed by atoms with Crippen LogP contribution in [0, 0.1) is 0 Å². The van der Waals surface area contributed by atoms with Gasteiger partial charge in [0.1, 0.15) is 0 Å². The van der Waals surface area contributed by atoms with Crippen LogP contribution in [0.4, 0.5) is 0 Å². The summed E-state index contributed by atoms with van der Waals surface area (Å²) in [4.78, 5) is 2.97. The molecule has 3 rings (SSSR count). The number of aromatic amines is 1. The fourth-order valence-corrected chi connectivity index (χ4v) is 1.93. The molecular weight excluding hydrogens is 238 g/mol. The topological polar surface area (TPSA) is 47.4 Å². The molecule has 0 saturated heterocycles. The Kier molecular flexibility index (Phi) is 2.59. The van der Waals surface area contributed by atoms with Crippen LogP contribution in [0.5, 0.6) is 22.6 Å². The van der Waals surface area contributed by atoms with Gasteiger partial charge in [0.15, 0.2) is 10.8 Å². The fraction of sp³-hybridized carbons (Fsp3) is 0. The Hall–Kier alpha value is -2.14. The Morgan fingerprint density at radius 1 is 1.12 bits per heavy atom. The predicted molar refractivity (Wildman–Crippen MR) is 64.0 cm³/mol. The largest absolute Gasteiger partial charge is 0.434 e. The van der Waals surface area contributed by atoms with E-state index in [1.54, 1.807) is 30.7 Å². The number of hydrogen-bond acceptors (Lipinski definition) is 4. The molecule has 0 amide bonds. The lowest BCUT2D eigenvalue weighted by molar-refractivity contribution is 0.332. The van der Waals surface area contributed by atoms with Gasteiger partial charge in [-0.2, -0.15) is 0 Å². The number of H-pyrrole nitrogens is 1. The Balaban J connectivity index is 1.79. The maximum absolute atomic E-state index is 5.63. The van der Waals surface area contributed by atoms with Gasteiger partial charge in [-0.05, 0) is 23.6 Å². The molecule has 3 aromatic heterocycles. The molecule has 3 heterocycles. The first-order valence-corrected chi connectivity index (χ1v) is 5.90. The van der Waals surface area contributed by atoms with Gasteiger partial charge in [0.05, 0.1) is 6.26 Å². The molecule has 0 bridgehead atoms. The highest BCUT2D eigenvalue weighted by Crippen LogP contribution is 2.34. The molecule has 0 fully saturated rings. The number of furan rings is 1. The van der Waals surface area contributed by atoms with Gasteiger partial charge < -0.3 is 18.9 Å². The summed E-state index contributed by atoms with van der Waals surface area (Å²) in [6.45, 7) is 0. The van der Waals surface area contributed by atoms with E-state index >= 15 is 0 Å². The third kappa shape index (κ3) is 2.19. The van der Waals surface area contributed by atoms with Crippen molar-refractivity contribution < 1.29 is 13.9 Å². The van der Waals surface area contributed by atoms with E-state index in [0.29, 0.717) is 17.6 Å². The summed E-state index contributed by atoms with van der Waals surface area (Å²) in [5.41, 5.74) is 0. The van der Waals surface area contributed by atoms with Crippen LogP contribution in [0.15, 0.2) is 52.6 Å². The van der Waals surface area contributed by atoms with Gasteiger partial charge >= 0.3 is 0 Å². The molecule has 0 aliphatic carbocycles. The number of rotatable bonds is 4. The van der Waals surface area contributed by atoms with Crippen LogP contribution in [-0.2, 0) is 0 Å². The maximum Gasteiger partial charge on any atom is 0.289 e. The summed E-state index contributed by atoms with van der Waals surface area (Å²) >= 11 is 1.52. The van der Waals surface area contributed by atoms with Crippen molar-refractivity contribution in [2.45, 2.75) is 0 Å². The molecule has 4 nitrogen and oxygen atoms in total. The van der Waals surface area contributed by atoms with E-state index in [4.69, 9.17) is 13.9 Å². The molecular formula is C12H9NO3S. The first-order chi connectivity index (χ1) is 8.42. The number of hydrogen-bond donors (Lipinski definition) is 1. The highest BCUT2D eigenvalue weighted by Gasteiger charge is 2.10. The average Bonchev–Trinajstić information content (AvgIpc) is 3.04. The molecule has 0 aliphatic rings. The van der Waals surface area contributed by atoms with E-state index in [1.807, 2.05) is 17.5 Å². The van der Waals surface area contributed by atoms with Gasteiger partial charge in [0.25, 0.3) is 5.95 Å². The standard InChI is InChI=1S/C12H9NO3S/c1-3-10(14-7-1)15-9-5-6-13-12(9)16-11-4-2-8-17-11/h1-8,13H. The molecule has 0 unspecified atom stereocenters. The van der Waals surface area contributed by atoms with Gasteiger partial charge in [0.2, 0.25) is 5.88 Å². The van der Waals surface area contributed by atoms with E-state index < -0.39 is 0 Å².